The highest BCUT2D eigenvalue weighted by Crippen LogP contribution is 2.51. The highest BCUT2D eigenvalue weighted by molar-refractivity contribution is 7.99. The Morgan fingerprint density at radius 3 is 2.47 bits per heavy atom. The van der Waals surface area contributed by atoms with Crippen LogP contribution in [0.2, 0.25) is 0 Å². The van der Waals surface area contributed by atoms with Crippen LogP contribution in [0.5, 0.6) is 0 Å². The zero-order valence-corrected chi connectivity index (χ0v) is 9.21. The van der Waals surface area contributed by atoms with E-state index < -0.39 is 11.9 Å². The highest BCUT2D eigenvalue weighted by atomic mass is 32.2. The van der Waals surface area contributed by atoms with Crippen LogP contribution in [0.15, 0.2) is 0 Å². The molecule has 0 atom stereocenters. The van der Waals surface area contributed by atoms with E-state index in [1.807, 2.05) is 0 Å². The summed E-state index contributed by atoms with van der Waals surface area (Å²) in [5, 5.41) is 0. The topological polar surface area (TPSA) is 26.3 Å². The smallest absolute Gasteiger partial charge is 0.397 e. The minimum absolute atomic E-state index is 0.219. The molecule has 0 saturated heterocycles. The van der Waals surface area contributed by atoms with Gasteiger partial charge in [0.15, 0.2) is 0 Å². The van der Waals surface area contributed by atoms with Crippen molar-refractivity contribution in [3.8, 4) is 0 Å². The fourth-order valence-corrected chi connectivity index (χ4v) is 2.47. The molecule has 15 heavy (non-hydrogen) atoms. The summed E-state index contributed by atoms with van der Waals surface area (Å²) >= 11 is 0.849. The lowest BCUT2D eigenvalue weighted by molar-refractivity contribution is -0.141. The molecule has 1 aliphatic carbocycles. The molecule has 0 aromatic rings. The molecule has 0 aromatic heterocycles. The number of carbonyl (C=O) groups excluding carboxylic acids is 1. The van der Waals surface area contributed by atoms with Crippen LogP contribution in [0.25, 0.3) is 0 Å². The molecule has 0 amide bonds. The van der Waals surface area contributed by atoms with Crippen LogP contribution >= 0.6 is 11.8 Å². The number of alkyl halides is 3. The Bertz CT molecular complexity index is 236. The van der Waals surface area contributed by atoms with Gasteiger partial charge in [-0.1, -0.05) is 0 Å². The van der Waals surface area contributed by atoms with Crippen molar-refractivity contribution in [2.24, 2.45) is 5.41 Å². The summed E-state index contributed by atoms with van der Waals surface area (Å²) in [7, 11) is 1.29. The lowest BCUT2D eigenvalue weighted by Gasteiger charge is -2.13. The van der Waals surface area contributed by atoms with Gasteiger partial charge >= 0.3 is 12.1 Å². The first-order chi connectivity index (χ1) is 6.87. The molecule has 6 heteroatoms. The molecule has 1 saturated carbocycles. The lowest BCUT2D eigenvalue weighted by atomic mass is 10.1. The van der Waals surface area contributed by atoms with Gasteiger partial charge in [0, 0.05) is 0 Å². The maximum absolute atomic E-state index is 11.9. The van der Waals surface area contributed by atoms with Crippen LogP contribution in [-0.4, -0.2) is 30.8 Å². The minimum Gasteiger partial charge on any atom is -0.469 e. The second kappa shape index (κ2) is 4.63. The molecule has 1 aliphatic rings. The molecule has 1 fully saturated rings. The van der Waals surface area contributed by atoms with Crippen molar-refractivity contribution in [1.82, 2.24) is 0 Å². The quantitative estimate of drug-likeness (QED) is 0.693. The minimum atomic E-state index is -4.12. The number of halogens is 3. The maximum Gasteiger partial charge on any atom is 0.397 e. The van der Waals surface area contributed by atoms with Gasteiger partial charge in [0.1, 0.15) is 0 Å². The Balaban J connectivity index is 2.23. The second-order valence-corrected chi connectivity index (χ2v) is 4.85. The molecule has 1 rings (SSSR count). The van der Waals surface area contributed by atoms with Gasteiger partial charge in [-0.3, -0.25) is 4.79 Å². The molecule has 0 aromatic carbocycles. The highest BCUT2D eigenvalue weighted by Gasteiger charge is 2.45. The van der Waals surface area contributed by atoms with Crippen molar-refractivity contribution in [2.45, 2.75) is 25.4 Å². The predicted molar refractivity (Wildman–Crippen MR) is 51.7 cm³/mol. The Kier molecular flexibility index (Phi) is 3.92. The number of thioether (sulfide) groups is 1. The summed E-state index contributed by atoms with van der Waals surface area (Å²) in [6, 6.07) is 0. The van der Waals surface area contributed by atoms with Crippen molar-refractivity contribution in [2.75, 3.05) is 18.6 Å². The van der Waals surface area contributed by atoms with E-state index in [0.29, 0.717) is 5.75 Å². The van der Waals surface area contributed by atoms with Gasteiger partial charge in [-0.15, -0.1) is 0 Å². The van der Waals surface area contributed by atoms with Gasteiger partial charge in [0.2, 0.25) is 0 Å². The molecule has 0 spiro atoms. The van der Waals surface area contributed by atoms with E-state index in [1.54, 1.807) is 0 Å². The van der Waals surface area contributed by atoms with Crippen molar-refractivity contribution >= 4 is 17.7 Å². The number of rotatable bonds is 5. The average Bonchev–Trinajstić information content (AvgIpc) is 2.83. The Morgan fingerprint density at radius 2 is 2.07 bits per heavy atom. The monoisotopic (exact) mass is 242 g/mol. The standard InChI is InChI=1S/C9H13F3O2S/c1-14-7(13)4-8(2-3-8)5-15-6-9(10,11)12/h2-6H2,1H3. The van der Waals surface area contributed by atoms with Gasteiger partial charge in [-0.05, 0) is 24.0 Å². The van der Waals surface area contributed by atoms with E-state index in [2.05, 4.69) is 4.74 Å². The van der Waals surface area contributed by atoms with E-state index in [9.17, 15) is 18.0 Å². The Hall–Kier alpha value is -0.390. The van der Waals surface area contributed by atoms with Gasteiger partial charge in [-0.25, -0.2) is 0 Å². The molecule has 0 radical (unpaired) electrons. The van der Waals surface area contributed by atoms with Gasteiger partial charge in [0.05, 0.1) is 19.3 Å². The zero-order chi connectivity index (χ0) is 11.5. The molecular weight excluding hydrogens is 229 g/mol. The largest absolute Gasteiger partial charge is 0.469 e. The molecule has 2 nitrogen and oxygen atoms in total. The van der Waals surface area contributed by atoms with Crippen LogP contribution in [0.4, 0.5) is 13.2 Å². The molecule has 0 bridgehead atoms. The Labute approximate surface area is 90.5 Å². The average molecular weight is 242 g/mol. The second-order valence-electron chi connectivity index (χ2n) is 3.86. The van der Waals surface area contributed by atoms with E-state index >= 15 is 0 Å². The van der Waals surface area contributed by atoms with E-state index in [0.717, 1.165) is 24.6 Å². The number of esters is 1. The number of hydrogen-bond acceptors (Lipinski definition) is 3. The molecule has 0 aliphatic heterocycles. The first-order valence-electron chi connectivity index (χ1n) is 4.58. The van der Waals surface area contributed by atoms with Crippen LogP contribution in [0.3, 0.4) is 0 Å². The lowest BCUT2D eigenvalue weighted by Crippen LogP contribution is -2.16. The summed E-state index contributed by atoms with van der Waals surface area (Å²) in [5.74, 6) is -0.780. The summed E-state index contributed by atoms with van der Waals surface area (Å²) in [6.07, 6.45) is -2.22. The maximum atomic E-state index is 11.9. The van der Waals surface area contributed by atoms with Crippen LogP contribution in [0, 0.1) is 5.41 Å². The fourth-order valence-electron chi connectivity index (χ4n) is 1.31. The van der Waals surface area contributed by atoms with E-state index in [4.69, 9.17) is 0 Å². The first-order valence-corrected chi connectivity index (χ1v) is 5.74. The third kappa shape index (κ3) is 4.77. The summed E-state index contributed by atoms with van der Waals surface area (Å²) < 4.78 is 40.1. The zero-order valence-electron chi connectivity index (χ0n) is 8.39. The van der Waals surface area contributed by atoms with Crippen molar-refractivity contribution < 1.29 is 22.7 Å². The molecule has 0 heterocycles. The summed E-state index contributed by atoms with van der Waals surface area (Å²) in [4.78, 5) is 11.0. The van der Waals surface area contributed by atoms with E-state index in [-0.39, 0.29) is 17.8 Å². The SMILES string of the molecule is COC(=O)CC1(CSCC(F)(F)F)CC1. The normalized spacial score (nSPS) is 18.7. The van der Waals surface area contributed by atoms with Crippen LogP contribution in [0.1, 0.15) is 19.3 Å². The van der Waals surface area contributed by atoms with Crippen molar-refractivity contribution in [3.05, 3.63) is 0 Å². The summed E-state index contributed by atoms with van der Waals surface area (Å²) in [5.41, 5.74) is -0.219. The summed E-state index contributed by atoms with van der Waals surface area (Å²) in [6.45, 7) is 0. The third-order valence-corrected chi connectivity index (χ3v) is 3.73. The predicted octanol–water partition coefficient (Wildman–Crippen LogP) is 2.63. The molecule has 0 unspecified atom stereocenters. The van der Waals surface area contributed by atoms with Gasteiger partial charge < -0.3 is 4.74 Å². The number of ether oxygens (including phenoxy) is 1. The molecule has 0 N–H and O–H groups in total. The third-order valence-electron chi connectivity index (χ3n) is 2.38. The van der Waals surface area contributed by atoms with Crippen LogP contribution in [-0.2, 0) is 9.53 Å². The van der Waals surface area contributed by atoms with Crippen molar-refractivity contribution in [1.29, 1.82) is 0 Å². The number of methoxy groups -OCH3 is 1. The van der Waals surface area contributed by atoms with E-state index in [1.165, 1.54) is 7.11 Å². The van der Waals surface area contributed by atoms with Crippen LogP contribution < -0.4 is 0 Å². The number of carbonyl (C=O) groups is 1. The first kappa shape index (κ1) is 12.7. The fraction of sp³-hybridized carbons (Fsp3) is 0.889. The molecular formula is C9H13F3O2S. The number of hydrogen-bond donors (Lipinski definition) is 0. The van der Waals surface area contributed by atoms with Gasteiger partial charge in [-0.2, -0.15) is 24.9 Å². The van der Waals surface area contributed by atoms with Crippen molar-refractivity contribution in [3.63, 3.8) is 0 Å². The van der Waals surface area contributed by atoms with Gasteiger partial charge in [0.25, 0.3) is 0 Å². The molecule has 88 valence electrons. The Morgan fingerprint density at radius 1 is 1.47 bits per heavy atom.